The second-order valence-corrected chi connectivity index (χ2v) is 8.22. The Morgan fingerprint density at radius 3 is 2.38 bits per heavy atom. The maximum atomic E-state index is 13.1. The van der Waals surface area contributed by atoms with Gasteiger partial charge in [-0.25, -0.2) is 9.48 Å². The molecule has 0 saturated heterocycles. The standard InChI is InChI=1S/C26H29N5O3/c1-5-19-9-13-21(14-10-19)29-22(32)15-30-18(4)23(25(33)34-6-2)24(31-26(30)27-16-28-31)20-11-7-17(3)8-12-20/h7-14,16,24H,5-6,15H2,1-4H3,(H,29,32)/t24-/m0/s1. The Hall–Kier alpha value is -3.94. The van der Waals surface area contributed by atoms with E-state index >= 15 is 0 Å². The summed E-state index contributed by atoms with van der Waals surface area (Å²) in [6.45, 7) is 7.90. The van der Waals surface area contributed by atoms with E-state index in [-0.39, 0.29) is 19.1 Å². The first-order valence-corrected chi connectivity index (χ1v) is 11.4. The minimum atomic E-state index is -0.502. The van der Waals surface area contributed by atoms with Crippen molar-refractivity contribution in [3.8, 4) is 0 Å². The highest BCUT2D eigenvalue weighted by molar-refractivity contribution is 5.96. The number of aryl methyl sites for hydroxylation is 2. The summed E-state index contributed by atoms with van der Waals surface area (Å²) in [5, 5.41) is 7.34. The van der Waals surface area contributed by atoms with E-state index in [0.29, 0.717) is 22.9 Å². The quantitative estimate of drug-likeness (QED) is 0.537. The number of nitrogens with one attached hydrogen (secondary N) is 1. The molecule has 2 aromatic carbocycles. The SMILES string of the molecule is CCOC(=O)C1=C(C)N(CC(=O)Nc2ccc(CC)cc2)c2ncnn2[C@H]1c1ccc(C)cc1. The topological polar surface area (TPSA) is 89.3 Å². The summed E-state index contributed by atoms with van der Waals surface area (Å²) in [6.07, 6.45) is 2.37. The number of amides is 1. The Morgan fingerprint density at radius 2 is 1.74 bits per heavy atom. The average Bonchev–Trinajstić information content (AvgIpc) is 3.31. The molecule has 34 heavy (non-hydrogen) atoms. The molecule has 4 rings (SSSR count). The van der Waals surface area contributed by atoms with Gasteiger partial charge in [-0.1, -0.05) is 48.9 Å². The van der Waals surface area contributed by atoms with Gasteiger partial charge in [-0.3, -0.25) is 4.79 Å². The van der Waals surface area contributed by atoms with E-state index in [1.807, 2.05) is 62.4 Å². The zero-order valence-electron chi connectivity index (χ0n) is 19.9. The number of aromatic nitrogens is 3. The Morgan fingerprint density at radius 1 is 1.03 bits per heavy atom. The van der Waals surface area contributed by atoms with Gasteiger partial charge >= 0.3 is 5.97 Å². The highest BCUT2D eigenvalue weighted by Gasteiger charge is 2.38. The number of hydrogen-bond acceptors (Lipinski definition) is 6. The summed E-state index contributed by atoms with van der Waals surface area (Å²) < 4.78 is 7.08. The lowest BCUT2D eigenvalue weighted by Gasteiger charge is -2.35. The molecule has 0 spiro atoms. The summed E-state index contributed by atoms with van der Waals surface area (Å²) in [4.78, 5) is 32.2. The maximum absolute atomic E-state index is 13.1. The fraction of sp³-hybridized carbons (Fsp3) is 0.308. The van der Waals surface area contributed by atoms with E-state index in [0.717, 1.165) is 17.5 Å². The van der Waals surface area contributed by atoms with Crippen LogP contribution in [0, 0.1) is 6.92 Å². The van der Waals surface area contributed by atoms with Gasteiger partial charge in [-0.2, -0.15) is 10.1 Å². The van der Waals surface area contributed by atoms with Gasteiger partial charge in [0.1, 0.15) is 18.9 Å². The van der Waals surface area contributed by atoms with Gasteiger partial charge < -0.3 is 15.0 Å². The number of rotatable bonds is 7. The number of carbonyl (C=O) groups is 2. The first-order valence-electron chi connectivity index (χ1n) is 11.4. The number of carbonyl (C=O) groups excluding carboxylic acids is 2. The Labute approximate surface area is 199 Å². The molecule has 3 aromatic rings. The molecule has 0 bridgehead atoms. The summed E-state index contributed by atoms with van der Waals surface area (Å²) in [6, 6.07) is 15.2. The second kappa shape index (κ2) is 9.91. The minimum absolute atomic E-state index is 0.0242. The van der Waals surface area contributed by atoms with Gasteiger partial charge in [0.25, 0.3) is 0 Å². The molecule has 8 nitrogen and oxygen atoms in total. The van der Waals surface area contributed by atoms with Crippen LogP contribution in [-0.2, 0) is 20.7 Å². The summed E-state index contributed by atoms with van der Waals surface area (Å²) in [5.74, 6) is -0.171. The van der Waals surface area contributed by atoms with Crippen LogP contribution in [0.5, 0.6) is 0 Å². The third kappa shape index (κ3) is 4.57. The fourth-order valence-electron chi connectivity index (χ4n) is 4.12. The van der Waals surface area contributed by atoms with Crippen molar-refractivity contribution in [1.29, 1.82) is 0 Å². The number of anilines is 2. The number of fused-ring (bicyclic) bond motifs is 1. The highest BCUT2D eigenvalue weighted by Crippen LogP contribution is 2.38. The van der Waals surface area contributed by atoms with Gasteiger partial charge in [0.15, 0.2) is 0 Å². The molecule has 1 amide bonds. The average molecular weight is 460 g/mol. The van der Waals surface area contributed by atoms with Crippen LogP contribution in [0.1, 0.15) is 43.5 Å². The molecule has 8 heteroatoms. The predicted octanol–water partition coefficient (Wildman–Crippen LogP) is 4.03. The lowest BCUT2D eigenvalue weighted by atomic mass is 9.94. The van der Waals surface area contributed by atoms with Gasteiger partial charge in [-0.15, -0.1) is 0 Å². The van der Waals surface area contributed by atoms with Crippen LogP contribution >= 0.6 is 0 Å². The van der Waals surface area contributed by atoms with E-state index in [1.165, 1.54) is 11.9 Å². The van der Waals surface area contributed by atoms with Crippen molar-refractivity contribution in [1.82, 2.24) is 14.8 Å². The van der Waals surface area contributed by atoms with Crippen LogP contribution < -0.4 is 10.2 Å². The third-order valence-electron chi connectivity index (χ3n) is 5.94. The number of ether oxygens (including phenoxy) is 1. The maximum Gasteiger partial charge on any atom is 0.338 e. The van der Waals surface area contributed by atoms with Crippen LogP contribution in [0.4, 0.5) is 11.6 Å². The molecule has 0 aliphatic carbocycles. The first kappa shape index (κ1) is 23.2. The smallest absolute Gasteiger partial charge is 0.338 e. The number of hydrogen-bond donors (Lipinski definition) is 1. The number of nitrogens with zero attached hydrogens (tertiary/aromatic N) is 4. The molecule has 0 unspecified atom stereocenters. The number of esters is 1. The molecule has 1 aliphatic heterocycles. The fourth-order valence-corrected chi connectivity index (χ4v) is 4.12. The van der Waals surface area contributed by atoms with Crippen LogP contribution in [0.2, 0.25) is 0 Å². The molecule has 1 aromatic heterocycles. The molecular weight excluding hydrogens is 430 g/mol. The van der Waals surface area contributed by atoms with Crippen molar-refractivity contribution in [2.24, 2.45) is 0 Å². The van der Waals surface area contributed by atoms with E-state index in [9.17, 15) is 9.59 Å². The van der Waals surface area contributed by atoms with Gasteiger partial charge in [-0.05, 0) is 50.5 Å². The zero-order chi connectivity index (χ0) is 24.2. The summed E-state index contributed by atoms with van der Waals surface area (Å²) in [5.41, 5.74) is 4.96. The number of benzene rings is 2. The molecule has 0 fully saturated rings. The predicted molar refractivity (Wildman–Crippen MR) is 130 cm³/mol. The Bertz CT molecular complexity index is 1210. The van der Waals surface area contributed by atoms with Crippen molar-refractivity contribution in [2.45, 2.75) is 40.2 Å². The second-order valence-electron chi connectivity index (χ2n) is 8.22. The molecule has 0 saturated carbocycles. The Balaban J connectivity index is 1.69. The molecule has 176 valence electrons. The first-order chi connectivity index (χ1) is 16.4. The molecule has 0 radical (unpaired) electrons. The molecule has 2 heterocycles. The van der Waals surface area contributed by atoms with Crippen molar-refractivity contribution >= 4 is 23.5 Å². The lowest BCUT2D eigenvalue weighted by Crippen LogP contribution is -2.40. The van der Waals surface area contributed by atoms with E-state index in [1.54, 1.807) is 16.5 Å². The third-order valence-corrected chi connectivity index (χ3v) is 5.94. The molecular formula is C26H29N5O3. The molecule has 1 atom stereocenters. The lowest BCUT2D eigenvalue weighted by molar-refractivity contribution is -0.139. The monoisotopic (exact) mass is 459 g/mol. The van der Waals surface area contributed by atoms with Crippen molar-refractivity contribution < 1.29 is 14.3 Å². The summed E-state index contributed by atoms with van der Waals surface area (Å²) >= 11 is 0. The molecule has 1 aliphatic rings. The largest absolute Gasteiger partial charge is 0.463 e. The zero-order valence-corrected chi connectivity index (χ0v) is 19.9. The molecule has 1 N–H and O–H groups in total. The van der Waals surface area contributed by atoms with Crippen LogP contribution in [0.25, 0.3) is 0 Å². The van der Waals surface area contributed by atoms with E-state index < -0.39 is 12.0 Å². The van der Waals surface area contributed by atoms with Gasteiger partial charge in [0.2, 0.25) is 11.9 Å². The van der Waals surface area contributed by atoms with Gasteiger partial charge in [0.05, 0.1) is 12.2 Å². The van der Waals surface area contributed by atoms with Crippen molar-refractivity contribution in [3.05, 3.63) is 82.8 Å². The minimum Gasteiger partial charge on any atom is -0.463 e. The van der Waals surface area contributed by atoms with Crippen LogP contribution in [-0.4, -0.2) is 39.8 Å². The van der Waals surface area contributed by atoms with Crippen molar-refractivity contribution in [2.75, 3.05) is 23.4 Å². The normalized spacial score (nSPS) is 15.2. The number of allylic oxidation sites excluding steroid dienone is 1. The van der Waals surface area contributed by atoms with Crippen molar-refractivity contribution in [3.63, 3.8) is 0 Å². The van der Waals surface area contributed by atoms with Crippen LogP contribution in [0.3, 0.4) is 0 Å². The van der Waals surface area contributed by atoms with E-state index in [2.05, 4.69) is 22.3 Å². The van der Waals surface area contributed by atoms with Gasteiger partial charge in [0, 0.05) is 11.4 Å². The Kier molecular flexibility index (Phi) is 6.77. The van der Waals surface area contributed by atoms with Crippen LogP contribution in [0.15, 0.2) is 66.1 Å². The summed E-state index contributed by atoms with van der Waals surface area (Å²) in [7, 11) is 0. The van der Waals surface area contributed by atoms with E-state index in [4.69, 9.17) is 4.74 Å². The highest BCUT2D eigenvalue weighted by atomic mass is 16.5.